The Labute approximate surface area is 128 Å². The number of thioether (sulfide) groups is 1. The molecular weight excluding hydrogens is 264 g/mol. The molecule has 0 N–H and O–H groups in total. The number of nitrogens with zero attached hydrogens (tertiary/aromatic N) is 2. The van der Waals surface area contributed by atoms with Crippen molar-refractivity contribution >= 4 is 11.8 Å². The van der Waals surface area contributed by atoms with Gasteiger partial charge in [-0.25, -0.2) is 0 Å². The van der Waals surface area contributed by atoms with Crippen molar-refractivity contribution in [2.45, 2.75) is 50.2 Å². The second-order valence-corrected chi connectivity index (χ2v) is 6.48. The Kier molecular flexibility index (Phi) is 5.94. The Morgan fingerprint density at radius 2 is 1.80 bits per heavy atom. The first-order valence-electron chi connectivity index (χ1n) is 7.83. The lowest BCUT2D eigenvalue weighted by atomic mass is 10.1. The van der Waals surface area contributed by atoms with E-state index in [2.05, 4.69) is 47.4 Å². The van der Waals surface area contributed by atoms with Crippen molar-refractivity contribution in [3.63, 3.8) is 0 Å². The first-order chi connectivity index (χ1) is 9.76. The molecule has 3 rings (SSSR count). The molecule has 20 heavy (non-hydrogen) atoms. The van der Waals surface area contributed by atoms with E-state index in [9.17, 15) is 0 Å². The number of fused-ring (bicyclic) bond motifs is 2. The fraction of sp³-hybridized carbons (Fsp3) is 0.647. The molecule has 2 aliphatic heterocycles. The van der Waals surface area contributed by atoms with Crippen LogP contribution in [0.5, 0.6) is 0 Å². The van der Waals surface area contributed by atoms with E-state index in [1.165, 1.54) is 36.4 Å². The summed E-state index contributed by atoms with van der Waals surface area (Å²) >= 11 is 1.83. The summed E-state index contributed by atoms with van der Waals surface area (Å²) in [5.41, 5.74) is 1.46. The maximum atomic E-state index is 2.64. The van der Waals surface area contributed by atoms with Gasteiger partial charge in [-0.15, -0.1) is 11.8 Å². The van der Waals surface area contributed by atoms with Gasteiger partial charge in [0.05, 0.1) is 0 Å². The second-order valence-electron chi connectivity index (χ2n) is 5.60. The highest BCUT2D eigenvalue weighted by atomic mass is 32.2. The van der Waals surface area contributed by atoms with Gasteiger partial charge in [-0.1, -0.05) is 26.0 Å². The van der Waals surface area contributed by atoms with Crippen LogP contribution >= 0.6 is 11.8 Å². The highest BCUT2D eigenvalue weighted by Gasteiger charge is 2.37. The highest BCUT2D eigenvalue weighted by Crippen LogP contribution is 2.29. The molecule has 0 radical (unpaired) electrons. The lowest BCUT2D eigenvalue weighted by molar-refractivity contribution is 0.0837. The van der Waals surface area contributed by atoms with Crippen molar-refractivity contribution in [3.05, 3.63) is 29.8 Å². The van der Waals surface area contributed by atoms with Crippen LogP contribution in [0.3, 0.4) is 0 Å². The van der Waals surface area contributed by atoms with Gasteiger partial charge in [0.2, 0.25) is 0 Å². The van der Waals surface area contributed by atoms with Gasteiger partial charge in [0, 0.05) is 36.6 Å². The number of hydrogen-bond donors (Lipinski definition) is 0. The van der Waals surface area contributed by atoms with Crippen LogP contribution in [0.15, 0.2) is 29.2 Å². The molecule has 2 heterocycles. The standard InChI is InChI=1S/C15H22N2S.C2H6/c1-16-13-6-7-14(16)11-17(10-13)9-12-4-3-5-15(8-12)18-2;1-2/h3-5,8,13-14H,6-7,9-11H2,1-2H3;1-2H3. The molecule has 2 bridgehead atoms. The summed E-state index contributed by atoms with van der Waals surface area (Å²) < 4.78 is 0. The van der Waals surface area contributed by atoms with Crippen molar-refractivity contribution in [1.29, 1.82) is 0 Å². The van der Waals surface area contributed by atoms with Gasteiger partial charge >= 0.3 is 0 Å². The lowest BCUT2D eigenvalue weighted by Crippen LogP contribution is -2.51. The normalized spacial score (nSPS) is 26.2. The van der Waals surface area contributed by atoms with E-state index in [0.29, 0.717) is 0 Å². The first-order valence-corrected chi connectivity index (χ1v) is 9.06. The van der Waals surface area contributed by atoms with Gasteiger partial charge in [-0.2, -0.15) is 0 Å². The summed E-state index contributed by atoms with van der Waals surface area (Å²) in [5, 5.41) is 0. The minimum absolute atomic E-state index is 0.799. The van der Waals surface area contributed by atoms with Crippen molar-refractivity contribution in [2.24, 2.45) is 0 Å². The predicted octanol–water partition coefficient (Wildman–Crippen LogP) is 3.71. The molecule has 0 aromatic heterocycles. The Hall–Kier alpha value is -0.510. The van der Waals surface area contributed by atoms with Gasteiger partial charge in [0.25, 0.3) is 0 Å². The molecule has 2 aliphatic rings. The average molecular weight is 292 g/mol. The topological polar surface area (TPSA) is 6.48 Å². The molecule has 2 fully saturated rings. The maximum Gasteiger partial charge on any atom is 0.0235 e. The Balaban J connectivity index is 0.000000704. The number of rotatable bonds is 3. The third-order valence-corrected chi connectivity index (χ3v) is 5.19. The quantitative estimate of drug-likeness (QED) is 0.784. The molecule has 3 heteroatoms. The van der Waals surface area contributed by atoms with Gasteiger partial charge in [0.1, 0.15) is 0 Å². The molecule has 0 saturated carbocycles. The van der Waals surface area contributed by atoms with Crippen molar-refractivity contribution in [1.82, 2.24) is 9.80 Å². The van der Waals surface area contributed by atoms with E-state index < -0.39 is 0 Å². The number of likely N-dealkylation sites (tertiary alicyclic amines) is 1. The Morgan fingerprint density at radius 3 is 2.40 bits per heavy atom. The minimum atomic E-state index is 0.799. The summed E-state index contributed by atoms with van der Waals surface area (Å²) in [6.45, 7) is 7.61. The van der Waals surface area contributed by atoms with Crippen LogP contribution < -0.4 is 0 Å². The van der Waals surface area contributed by atoms with Crippen LogP contribution in [-0.2, 0) is 6.54 Å². The smallest absolute Gasteiger partial charge is 0.0235 e. The summed E-state index contributed by atoms with van der Waals surface area (Å²) in [6.07, 6.45) is 4.93. The van der Waals surface area contributed by atoms with Crippen molar-refractivity contribution in [2.75, 3.05) is 26.4 Å². The van der Waals surface area contributed by atoms with Crippen LogP contribution in [0.2, 0.25) is 0 Å². The molecule has 2 unspecified atom stereocenters. The lowest BCUT2D eigenvalue weighted by Gasteiger charge is -2.39. The highest BCUT2D eigenvalue weighted by molar-refractivity contribution is 7.98. The van der Waals surface area contributed by atoms with E-state index >= 15 is 0 Å². The van der Waals surface area contributed by atoms with Gasteiger partial charge in [-0.3, -0.25) is 9.80 Å². The summed E-state index contributed by atoms with van der Waals surface area (Å²) in [6, 6.07) is 10.6. The van der Waals surface area contributed by atoms with Crippen LogP contribution in [0, 0.1) is 0 Å². The van der Waals surface area contributed by atoms with Crippen LogP contribution in [0.1, 0.15) is 32.3 Å². The van der Waals surface area contributed by atoms with Crippen molar-refractivity contribution in [3.8, 4) is 0 Å². The van der Waals surface area contributed by atoms with E-state index in [1.54, 1.807) is 0 Å². The monoisotopic (exact) mass is 292 g/mol. The molecule has 2 atom stereocenters. The number of likely N-dealkylation sites (N-methyl/N-ethyl adjacent to an activating group) is 1. The Bertz CT molecular complexity index is 407. The molecule has 2 nitrogen and oxygen atoms in total. The number of piperazine rings is 1. The summed E-state index contributed by atoms with van der Waals surface area (Å²) in [4.78, 5) is 6.61. The zero-order valence-corrected chi connectivity index (χ0v) is 14.1. The third kappa shape index (κ3) is 3.57. The summed E-state index contributed by atoms with van der Waals surface area (Å²) in [5.74, 6) is 0. The average Bonchev–Trinajstić information content (AvgIpc) is 2.71. The largest absolute Gasteiger partial charge is 0.298 e. The van der Waals surface area contributed by atoms with E-state index in [0.717, 1.165) is 18.6 Å². The fourth-order valence-electron chi connectivity index (χ4n) is 3.36. The van der Waals surface area contributed by atoms with Crippen LogP contribution in [0.4, 0.5) is 0 Å². The molecule has 0 aliphatic carbocycles. The zero-order valence-electron chi connectivity index (χ0n) is 13.3. The van der Waals surface area contributed by atoms with Crippen LogP contribution in [-0.4, -0.2) is 48.3 Å². The molecule has 1 aromatic carbocycles. The third-order valence-electron chi connectivity index (χ3n) is 4.46. The fourth-order valence-corrected chi connectivity index (χ4v) is 3.84. The molecule has 0 amide bonds. The second kappa shape index (κ2) is 7.48. The minimum Gasteiger partial charge on any atom is -0.298 e. The van der Waals surface area contributed by atoms with Gasteiger partial charge < -0.3 is 0 Å². The molecule has 1 aromatic rings. The number of benzene rings is 1. The van der Waals surface area contributed by atoms with Crippen LogP contribution in [0.25, 0.3) is 0 Å². The molecule has 112 valence electrons. The van der Waals surface area contributed by atoms with E-state index in [1.807, 2.05) is 25.6 Å². The zero-order chi connectivity index (χ0) is 14.5. The SMILES string of the molecule is CC.CSc1cccc(CN2CC3CCC(C2)N3C)c1. The molecule has 0 spiro atoms. The molecule has 2 saturated heterocycles. The Morgan fingerprint density at radius 1 is 1.15 bits per heavy atom. The van der Waals surface area contributed by atoms with Crippen molar-refractivity contribution < 1.29 is 0 Å². The summed E-state index contributed by atoms with van der Waals surface area (Å²) in [7, 11) is 2.30. The predicted molar refractivity (Wildman–Crippen MR) is 89.4 cm³/mol. The van der Waals surface area contributed by atoms with E-state index in [-0.39, 0.29) is 0 Å². The number of hydrogen-bond acceptors (Lipinski definition) is 3. The van der Waals surface area contributed by atoms with Gasteiger partial charge in [0.15, 0.2) is 0 Å². The van der Waals surface area contributed by atoms with Gasteiger partial charge in [-0.05, 0) is 43.8 Å². The van der Waals surface area contributed by atoms with E-state index in [4.69, 9.17) is 0 Å². The maximum absolute atomic E-state index is 2.64. The molecular formula is C17H28N2S. The first kappa shape index (κ1) is 15.9.